The first kappa shape index (κ1) is 24.3. The zero-order valence-corrected chi connectivity index (χ0v) is 21.6. The molecule has 3 aromatic rings. The van der Waals surface area contributed by atoms with E-state index in [0.29, 0.717) is 0 Å². The molecule has 1 aliphatic heterocycles. The van der Waals surface area contributed by atoms with E-state index >= 15 is 0 Å². The van der Waals surface area contributed by atoms with Crippen molar-refractivity contribution in [3.63, 3.8) is 0 Å². The molecule has 6 heteroatoms. The highest BCUT2D eigenvalue weighted by Crippen LogP contribution is 2.42. The Bertz CT molecular complexity index is 1120. The molecule has 0 bridgehead atoms. The van der Waals surface area contributed by atoms with Gasteiger partial charge in [-0.1, -0.05) is 42.5 Å². The maximum Gasteiger partial charge on any atom is 0.260 e. The molecule has 2 aliphatic rings. The molecule has 1 aliphatic carbocycles. The normalized spacial score (nSPS) is 24.3. The minimum absolute atomic E-state index is 0.0122. The van der Waals surface area contributed by atoms with Gasteiger partial charge in [-0.3, -0.25) is 4.79 Å². The smallest absolute Gasteiger partial charge is 0.260 e. The number of hydrogen-bond donors (Lipinski definition) is 0. The van der Waals surface area contributed by atoms with Gasteiger partial charge in [0.1, 0.15) is 5.75 Å². The number of carbonyl (C=O) groups is 1. The van der Waals surface area contributed by atoms with E-state index in [1.807, 2.05) is 53.6 Å². The molecule has 3 unspecified atom stereocenters. The first-order valence-corrected chi connectivity index (χ1v) is 13.7. The van der Waals surface area contributed by atoms with Crippen molar-refractivity contribution in [3.8, 4) is 5.75 Å². The van der Waals surface area contributed by atoms with Crippen molar-refractivity contribution in [2.75, 3.05) is 33.9 Å². The summed E-state index contributed by atoms with van der Waals surface area (Å²) in [6.45, 7) is 1.89. The SMILES string of the molecule is CN(CCc1cccs1)C1CC2(CCCO2)CCC1N(C)C(=O)COc1cccc2ccccc12. The van der Waals surface area contributed by atoms with Gasteiger partial charge in [0, 0.05) is 42.5 Å². The number of nitrogens with zero attached hydrogens (tertiary/aromatic N) is 2. The van der Waals surface area contributed by atoms with Crippen LogP contribution >= 0.6 is 11.3 Å². The van der Waals surface area contributed by atoms with E-state index in [-0.39, 0.29) is 30.2 Å². The summed E-state index contributed by atoms with van der Waals surface area (Å²) in [7, 11) is 4.16. The fourth-order valence-electron chi connectivity index (χ4n) is 5.89. The average Bonchev–Trinajstić information content (AvgIpc) is 3.58. The highest BCUT2D eigenvalue weighted by atomic mass is 32.1. The van der Waals surface area contributed by atoms with Gasteiger partial charge in [-0.25, -0.2) is 0 Å². The van der Waals surface area contributed by atoms with Gasteiger partial charge in [0.05, 0.1) is 5.60 Å². The average molecular weight is 493 g/mol. The fourth-order valence-corrected chi connectivity index (χ4v) is 6.59. The predicted octanol–water partition coefficient (Wildman–Crippen LogP) is 5.38. The van der Waals surface area contributed by atoms with Gasteiger partial charge >= 0.3 is 0 Å². The third-order valence-electron chi connectivity index (χ3n) is 7.95. The summed E-state index contributed by atoms with van der Waals surface area (Å²) in [6, 6.07) is 18.9. The number of rotatable bonds is 8. The van der Waals surface area contributed by atoms with Gasteiger partial charge in [0.2, 0.25) is 0 Å². The quantitative estimate of drug-likeness (QED) is 0.423. The van der Waals surface area contributed by atoms with Crippen LogP contribution in [-0.2, 0) is 16.0 Å². The Hall–Kier alpha value is -2.41. The van der Waals surface area contributed by atoms with Crippen LogP contribution in [0.4, 0.5) is 0 Å². The van der Waals surface area contributed by atoms with E-state index in [1.165, 1.54) is 4.88 Å². The van der Waals surface area contributed by atoms with Crippen LogP contribution in [0.15, 0.2) is 60.0 Å². The van der Waals surface area contributed by atoms with Gasteiger partial charge < -0.3 is 19.3 Å². The Kier molecular flexibility index (Phi) is 7.42. The molecule has 2 aromatic carbocycles. The minimum Gasteiger partial charge on any atom is -0.483 e. The molecule has 35 heavy (non-hydrogen) atoms. The third kappa shape index (κ3) is 5.40. The molecular weight excluding hydrogens is 456 g/mol. The van der Waals surface area contributed by atoms with E-state index in [4.69, 9.17) is 9.47 Å². The molecule has 3 atom stereocenters. The van der Waals surface area contributed by atoms with Crippen LogP contribution in [0.1, 0.15) is 37.0 Å². The first-order chi connectivity index (χ1) is 17.0. The van der Waals surface area contributed by atoms with Crippen LogP contribution in [-0.4, -0.2) is 67.2 Å². The second kappa shape index (κ2) is 10.7. The zero-order chi connectivity index (χ0) is 24.3. The molecule has 5 nitrogen and oxygen atoms in total. The third-order valence-corrected chi connectivity index (χ3v) is 8.89. The van der Waals surface area contributed by atoms with E-state index in [0.717, 1.165) is 68.2 Å². The molecule has 1 saturated heterocycles. The van der Waals surface area contributed by atoms with Crippen LogP contribution < -0.4 is 4.74 Å². The summed E-state index contributed by atoms with van der Waals surface area (Å²) < 4.78 is 12.3. The lowest BCUT2D eigenvalue weighted by Gasteiger charge is -2.48. The molecule has 1 spiro atoms. The van der Waals surface area contributed by atoms with Crippen molar-refractivity contribution < 1.29 is 14.3 Å². The number of benzene rings is 2. The second-order valence-corrected chi connectivity index (χ2v) is 11.1. The molecule has 1 aromatic heterocycles. The summed E-state index contributed by atoms with van der Waals surface area (Å²) in [6.07, 6.45) is 6.29. The van der Waals surface area contributed by atoms with Crippen molar-refractivity contribution in [3.05, 3.63) is 64.9 Å². The van der Waals surface area contributed by atoms with Crippen molar-refractivity contribution in [2.24, 2.45) is 0 Å². The summed E-state index contributed by atoms with van der Waals surface area (Å²) in [5, 5.41) is 4.30. The van der Waals surface area contributed by atoms with E-state index in [2.05, 4.69) is 41.6 Å². The standard InChI is InChI=1S/C29H36N2O3S/c1-30(17-14-23-10-6-19-35-23)26-20-29(15-7-18-34-29)16-13-25(26)31(2)28(32)21-33-27-12-5-9-22-8-3-4-11-24(22)27/h3-6,8-12,19,25-26H,7,13-18,20-21H2,1-2H3. The molecule has 0 N–H and O–H groups in total. The van der Waals surface area contributed by atoms with Crippen LogP contribution in [0.2, 0.25) is 0 Å². The molecule has 0 radical (unpaired) electrons. The molecule has 5 rings (SSSR count). The minimum atomic E-state index is -0.0122. The van der Waals surface area contributed by atoms with E-state index in [9.17, 15) is 4.79 Å². The molecule has 186 valence electrons. The number of carbonyl (C=O) groups excluding carboxylic acids is 1. The van der Waals surface area contributed by atoms with Crippen molar-refractivity contribution in [1.82, 2.24) is 9.80 Å². The van der Waals surface area contributed by atoms with Crippen molar-refractivity contribution >= 4 is 28.0 Å². The number of likely N-dealkylation sites (N-methyl/N-ethyl adjacent to an activating group) is 2. The Morgan fingerprint density at radius 1 is 1.09 bits per heavy atom. The lowest BCUT2D eigenvalue weighted by atomic mass is 9.76. The number of amides is 1. The lowest BCUT2D eigenvalue weighted by Crippen LogP contribution is -2.58. The number of hydrogen-bond acceptors (Lipinski definition) is 5. The Morgan fingerprint density at radius 2 is 1.94 bits per heavy atom. The molecule has 2 heterocycles. The Labute approximate surface area is 212 Å². The Morgan fingerprint density at radius 3 is 2.74 bits per heavy atom. The van der Waals surface area contributed by atoms with Crippen LogP contribution in [0, 0.1) is 0 Å². The van der Waals surface area contributed by atoms with Gasteiger partial charge in [0.15, 0.2) is 6.61 Å². The monoisotopic (exact) mass is 492 g/mol. The highest BCUT2D eigenvalue weighted by Gasteiger charge is 2.46. The molecule has 1 amide bonds. The van der Waals surface area contributed by atoms with Gasteiger partial charge in [0.25, 0.3) is 5.91 Å². The topological polar surface area (TPSA) is 42.0 Å². The predicted molar refractivity (Wildman–Crippen MR) is 142 cm³/mol. The molecule has 2 fully saturated rings. The zero-order valence-electron chi connectivity index (χ0n) is 20.8. The maximum absolute atomic E-state index is 13.3. The lowest BCUT2D eigenvalue weighted by molar-refractivity contribution is -0.139. The molecular formula is C29H36N2O3S. The van der Waals surface area contributed by atoms with Gasteiger partial charge in [-0.2, -0.15) is 0 Å². The van der Waals surface area contributed by atoms with Crippen molar-refractivity contribution in [1.29, 1.82) is 0 Å². The fraction of sp³-hybridized carbons (Fsp3) is 0.483. The largest absolute Gasteiger partial charge is 0.483 e. The summed E-state index contributed by atoms with van der Waals surface area (Å²) >= 11 is 1.82. The van der Waals surface area contributed by atoms with Crippen LogP contribution in [0.3, 0.4) is 0 Å². The Balaban J connectivity index is 1.27. The molecule has 1 saturated carbocycles. The summed E-state index contributed by atoms with van der Waals surface area (Å²) in [4.78, 5) is 19.1. The number of thiophene rings is 1. The van der Waals surface area contributed by atoms with Gasteiger partial charge in [-0.15, -0.1) is 11.3 Å². The van der Waals surface area contributed by atoms with Gasteiger partial charge in [-0.05, 0) is 68.5 Å². The van der Waals surface area contributed by atoms with Crippen molar-refractivity contribution in [2.45, 2.75) is 56.2 Å². The highest BCUT2D eigenvalue weighted by molar-refractivity contribution is 7.09. The van der Waals surface area contributed by atoms with E-state index in [1.54, 1.807) is 0 Å². The second-order valence-electron chi connectivity index (χ2n) is 10.1. The summed E-state index contributed by atoms with van der Waals surface area (Å²) in [5.41, 5.74) is -0.0122. The van der Waals surface area contributed by atoms with Crippen LogP contribution in [0.25, 0.3) is 10.8 Å². The first-order valence-electron chi connectivity index (χ1n) is 12.8. The van der Waals surface area contributed by atoms with Crippen LogP contribution in [0.5, 0.6) is 5.75 Å². The maximum atomic E-state index is 13.3. The number of ether oxygens (including phenoxy) is 2. The number of fused-ring (bicyclic) bond motifs is 1. The van der Waals surface area contributed by atoms with E-state index < -0.39 is 0 Å². The summed E-state index contributed by atoms with van der Waals surface area (Å²) in [5.74, 6) is 0.791.